The van der Waals surface area contributed by atoms with Crippen LogP contribution in [0.2, 0.25) is 0 Å². The predicted octanol–water partition coefficient (Wildman–Crippen LogP) is 1.29. The Labute approximate surface area is 159 Å². The summed E-state index contributed by atoms with van der Waals surface area (Å²) in [5, 5.41) is 14.9. The number of carbonyl (C=O) groups excluding carboxylic acids is 1. The Morgan fingerprint density at radius 1 is 1.27 bits per heavy atom. The van der Waals surface area contributed by atoms with Crippen LogP contribution < -0.4 is 10.6 Å². The molecule has 7 nitrogen and oxygen atoms in total. The van der Waals surface area contributed by atoms with Crippen molar-refractivity contribution < 1.29 is 4.79 Å². The fourth-order valence-electron chi connectivity index (χ4n) is 4.64. The van der Waals surface area contributed by atoms with Gasteiger partial charge in [0.25, 0.3) is 5.91 Å². The molecule has 1 aliphatic carbocycles. The topological polar surface area (TPSA) is 75.1 Å². The number of nitrogens with one attached hydrogen (secondary N) is 2. The molecule has 0 aromatic carbocycles. The molecule has 3 heterocycles. The summed E-state index contributed by atoms with van der Waals surface area (Å²) in [6.07, 6.45) is 8.83. The first-order valence-corrected chi connectivity index (χ1v) is 11.2. The maximum absolute atomic E-state index is 12.7. The van der Waals surface area contributed by atoms with Gasteiger partial charge in [0.2, 0.25) is 0 Å². The molecule has 1 aromatic rings. The summed E-state index contributed by atoms with van der Waals surface area (Å²) in [4.78, 5) is 15.3. The Hall–Kier alpha value is -1.12. The average Bonchev–Trinajstić information content (AvgIpc) is 3.38. The monoisotopic (exact) mass is 378 g/mol. The Morgan fingerprint density at radius 3 is 2.73 bits per heavy atom. The van der Waals surface area contributed by atoms with Crippen molar-refractivity contribution in [2.75, 3.05) is 44.2 Å². The van der Waals surface area contributed by atoms with E-state index in [0.717, 1.165) is 45.6 Å². The molecule has 0 atom stereocenters. The Kier molecular flexibility index (Phi) is 5.81. The number of piperidine rings is 1. The lowest BCUT2D eigenvalue weighted by atomic mass is 9.94. The fraction of sp³-hybridized carbons (Fsp3) is 0.833. The van der Waals surface area contributed by atoms with Crippen molar-refractivity contribution in [2.24, 2.45) is 0 Å². The first-order valence-electron chi connectivity index (χ1n) is 10.0. The van der Waals surface area contributed by atoms with E-state index in [9.17, 15) is 4.79 Å². The number of hydrogen-bond donors (Lipinski definition) is 2. The number of thioether (sulfide) groups is 1. The second-order valence-corrected chi connectivity index (χ2v) is 9.00. The largest absolute Gasteiger partial charge is 0.349 e. The van der Waals surface area contributed by atoms with Crippen LogP contribution in [0.5, 0.6) is 0 Å². The van der Waals surface area contributed by atoms with E-state index in [0.29, 0.717) is 11.7 Å². The van der Waals surface area contributed by atoms with Crippen molar-refractivity contribution >= 4 is 17.7 Å². The van der Waals surface area contributed by atoms with E-state index in [-0.39, 0.29) is 11.4 Å². The molecule has 3 fully saturated rings. The lowest BCUT2D eigenvalue weighted by Crippen LogP contribution is -2.56. The molecular weight excluding hydrogens is 348 g/mol. The SMILES string of the molecule is O=C(NCC1(N2CCSCC2)CCCC1)c1cn(C2CCNCC2)nn1. The van der Waals surface area contributed by atoms with Crippen molar-refractivity contribution in [2.45, 2.75) is 50.1 Å². The second kappa shape index (κ2) is 8.27. The van der Waals surface area contributed by atoms with Gasteiger partial charge in [-0.15, -0.1) is 5.10 Å². The lowest BCUT2D eigenvalue weighted by molar-refractivity contribution is 0.0813. The molecule has 0 radical (unpaired) electrons. The van der Waals surface area contributed by atoms with E-state index in [1.54, 1.807) is 0 Å². The molecule has 1 amide bonds. The van der Waals surface area contributed by atoms with Crippen LogP contribution in [0.3, 0.4) is 0 Å². The van der Waals surface area contributed by atoms with E-state index < -0.39 is 0 Å². The molecule has 1 saturated carbocycles. The van der Waals surface area contributed by atoms with Crippen molar-refractivity contribution in [1.29, 1.82) is 0 Å². The van der Waals surface area contributed by atoms with Crippen LogP contribution in [0.25, 0.3) is 0 Å². The van der Waals surface area contributed by atoms with Gasteiger partial charge in [0.05, 0.1) is 12.2 Å². The molecule has 3 aliphatic rings. The van der Waals surface area contributed by atoms with Gasteiger partial charge in [0.1, 0.15) is 0 Å². The van der Waals surface area contributed by atoms with Crippen LogP contribution in [-0.4, -0.2) is 75.6 Å². The average molecular weight is 379 g/mol. The number of hydrogen-bond acceptors (Lipinski definition) is 6. The molecule has 2 N–H and O–H groups in total. The van der Waals surface area contributed by atoms with E-state index >= 15 is 0 Å². The highest BCUT2D eigenvalue weighted by molar-refractivity contribution is 7.99. The van der Waals surface area contributed by atoms with Gasteiger partial charge in [-0.05, 0) is 38.8 Å². The third-order valence-electron chi connectivity index (χ3n) is 6.22. The number of nitrogens with zero attached hydrogens (tertiary/aromatic N) is 4. The van der Waals surface area contributed by atoms with Crippen LogP contribution >= 0.6 is 11.8 Å². The smallest absolute Gasteiger partial charge is 0.273 e. The summed E-state index contributed by atoms with van der Waals surface area (Å²) < 4.78 is 1.88. The molecule has 2 aliphatic heterocycles. The van der Waals surface area contributed by atoms with Gasteiger partial charge in [-0.3, -0.25) is 9.69 Å². The zero-order valence-corrected chi connectivity index (χ0v) is 16.3. The van der Waals surface area contributed by atoms with E-state index in [1.165, 1.54) is 37.2 Å². The molecule has 0 unspecified atom stereocenters. The van der Waals surface area contributed by atoms with E-state index in [1.807, 2.05) is 22.6 Å². The van der Waals surface area contributed by atoms with E-state index in [4.69, 9.17) is 0 Å². The number of aromatic nitrogens is 3. The van der Waals surface area contributed by atoms with E-state index in [2.05, 4.69) is 25.8 Å². The molecule has 144 valence electrons. The van der Waals surface area contributed by atoms with Crippen LogP contribution in [-0.2, 0) is 0 Å². The highest BCUT2D eigenvalue weighted by Gasteiger charge is 2.40. The van der Waals surface area contributed by atoms with Gasteiger partial charge in [-0.1, -0.05) is 18.1 Å². The van der Waals surface area contributed by atoms with Gasteiger partial charge in [0, 0.05) is 36.7 Å². The Balaban J connectivity index is 1.37. The van der Waals surface area contributed by atoms with Gasteiger partial charge < -0.3 is 10.6 Å². The minimum atomic E-state index is -0.0807. The second-order valence-electron chi connectivity index (χ2n) is 7.78. The number of carbonyl (C=O) groups is 1. The third kappa shape index (κ3) is 3.92. The van der Waals surface area contributed by atoms with Gasteiger partial charge >= 0.3 is 0 Å². The summed E-state index contributed by atoms with van der Waals surface area (Å²) >= 11 is 2.04. The zero-order valence-electron chi connectivity index (χ0n) is 15.5. The number of amides is 1. The van der Waals surface area contributed by atoms with Crippen LogP contribution in [0.4, 0.5) is 0 Å². The molecule has 26 heavy (non-hydrogen) atoms. The maximum Gasteiger partial charge on any atom is 0.273 e. The Morgan fingerprint density at radius 2 is 2.00 bits per heavy atom. The normalized spacial score (nSPS) is 24.6. The van der Waals surface area contributed by atoms with Crippen LogP contribution in [0.15, 0.2) is 6.20 Å². The fourth-order valence-corrected chi connectivity index (χ4v) is 5.54. The summed E-state index contributed by atoms with van der Waals surface area (Å²) in [6, 6.07) is 0.359. The third-order valence-corrected chi connectivity index (χ3v) is 7.16. The summed E-state index contributed by atoms with van der Waals surface area (Å²) in [5.41, 5.74) is 0.604. The molecule has 1 aromatic heterocycles. The predicted molar refractivity (Wildman–Crippen MR) is 104 cm³/mol. The molecule has 4 rings (SSSR count). The molecule has 0 bridgehead atoms. The van der Waals surface area contributed by atoms with Crippen LogP contribution in [0.1, 0.15) is 55.1 Å². The summed E-state index contributed by atoms with van der Waals surface area (Å²) in [7, 11) is 0. The van der Waals surface area contributed by atoms with Gasteiger partial charge in [0.15, 0.2) is 5.69 Å². The minimum Gasteiger partial charge on any atom is -0.349 e. The minimum absolute atomic E-state index is 0.0807. The molecule has 8 heteroatoms. The van der Waals surface area contributed by atoms with Crippen molar-refractivity contribution in [1.82, 2.24) is 30.5 Å². The highest BCUT2D eigenvalue weighted by Crippen LogP contribution is 2.36. The Bertz CT molecular complexity index is 603. The first-order chi connectivity index (χ1) is 12.8. The summed E-state index contributed by atoms with van der Waals surface area (Å²) in [5.74, 6) is 2.34. The standard InChI is InChI=1S/C18H30N6OS/c25-17(16-13-24(22-21-16)15-3-7-19-8-4-15)20-14-18(5-1-2-6-18)23-9-11-26-12-10-23/h13,15,19H,1-12,14H2,(H,20,25). The summed E-state index contributed by atoms with van der Waals surface area (Å²) in [6.45, 7) is 5.03. The van der Waals surface area contributed by atoms with Gasteiger partial charge in [-0.25, -0.2) is 4.68 Å². The van der Waals surface area contributed by atoms with Crippen molar-refractivity contribution in [3.8, 4) is 0 Å². The quantitative estimate of drug-likeness (QED) is 0.804. The van der Waals surface area contributed by atoms with Crippen molar-refractivity contribution in [3.63, 3.8) is 0 Å². The van der Waals surface area contributed by atoms with Gasteiger partial charge in [-0.2, -0.15) is 11.8 Å². The highest BCUT2D eigenvalue weighted by atomic mass is 32.2. The lowest BCUT2D eigenvalue weighted by Gasteiger charge is -2.43. The van der Waals surface area contributed by atoms with Crippen molar-refractivity contribution in [3.05, 3.63) is 11.9 Å². The number of rotatable bonds is 5. The first kappa shape index (κ1) is 18.3. The molecule has 0 spiro atoms. The van der Waals surface area contributed by atoms with Crippen LogP contribution in [0, 0.1) is 0 Å². The molecular formula is C18H30N6OS. The molecule has 2 saturated heterocycles. The zero-order chi connectivity index (χ0) is 17.8. The maximum atomic E-state index is 12.7.